The fraction of sp³-hybridized carbons (Fsp3) is 0.200. The Labute approximate surface area is 121 Å². The van der Waals surface area contributed by atoms with Gasteiger partial charge in [-0.2, -0.15) is 0 Å². The Bertz CT molecular complexity index is 523. The molecule has 0 fully saturated rings. The molecule has 0 aromatic heterocycles. The van der Waals surface area contributed by atoms with Gasteiger partial charge in [0, 0.05) is 16.7 Å². The van der Waals surface area contributed by atoms with Crippen LogP contribution < -0.4 is 5.32 Å². The summed E-state index contributed by atoms with van der Waals surface area (Å²) in [4.78, 5) is 0. The second-order valence-corrected chi connectivity index (χ2v) is 5.41. The number of aryl methyl sites for hydroxylation is 1. The minimum atomic E-state index is 0.723. The lowest BCUT2D eigenvalue weighted by molar-refractivity contribution is 1.11. The fourth-order valence-corrected chi connectivity index (χ4v) is 2.13. The summed E-state index contributed by atoms with van der Waals surface area (Å²) in [6.07, 6.45) is 1.08. The van der Waals surface area contributed by atoms with Gasteiger partial charge in [-0.1, -0.05) is 42.8 Å². The maximum absolute atomic E-state index is 6.05. The van der Waals surface area contributed by atoms with Gasteiger partial charge in [-0.15, -0.1) is 0 Å². The molecule has 0 saturated heterocycles. The predicted molar refractivity (Wildman–Crippen MR) is 82.3 cm³/mol. The van der Waals surface area contributed by atoms with E-state index in [1.165, 1.54) is 11.1 Å². The van der Waals surface area contributed by atoms with E-state index in [0.717, 1.165) is 28.1 Å². The van der Waals surface area contributed by atoms with E-state index in [0.29, 0.717) is 0 Å². The van der Waals surface area contributed by atoms with E-state index in [2.05, 4.69) is 52.4 Å². The Morgan fingerprint density at radius 3 is 2.33 bits per heavy atom. The number of hydrogen-bond acceptors (Lipinski definition) is 1. The maximum atomic E-state index is 6.05. The highest BCUT2D eigenvalue weighted by molar-refractivity contribution is 9.10. The molecule has 3 heteroatoms. The van der Waals surface area contributed by atoms with Crippen LogP contribution in [0.4, 0.5) is 5.69 Å². The molecule has 0 heterocycles. The summed E-state index contributed by atoms with van der Waals surface area (Å²) in [7, 11) is 0. The van der Waals surface area contributed by atoms with Crippen LogP contribution in [0.3, 0.4) is 0 Å². The van der Waals surface area contributed by atoms with Crippen LogP contribution in [0.15, 0.2) is 46.9 Å². The summed E-state index contributed by atoms with van der Waals surface area (Å²) < 4.78 is 0.919. The van der Waals surface area contributed by atoms with Gasteiger partial charge >= 0.3 is 0 Å². The van der Waals surface area contributed by atoms with Crippen molar-refractivity contribution in [1.82, 2.24) is 0 Å². The molecule has 0 aliphatic rings. The molecule has 0 radical (unpaired) electrons. The van der Waals surface area contributed by atoms with Gasteiger partial charge in [0.2, 0.25) is 0 Å². The topological polar surface area (TPSA) is 12.0 Å². The lowest BCUT2D eigenvalue weighted by Crippen LogP contribution is -1.99. The summed E-state index contributed by atoms with van der Waals surface area (Å²) in [6, 6.07) is 14.5. The third-order valence-corrected chi connectivity index (χ3v) is 4.08. The summed E-state index contributed by atoms with van der Waals surface area (Å²) >= 11 is 9.43. The first-order valence-corrected chi connectivity index (χ1v) is 7.13. The Kier molecular flexibility index (Phi) is 4.67. The van der Waals surface area contributed by atoms with Crippen molar-refractivity contribution in [1.29, 1.82) is 0 Å². The van der Waals surface area contributed by atoms with Crippen LogP contribution in [0.5, 0.6) is 0 Å². The average molecular weight is 325 g/mol. The minimum Gasteiger partial charge on any atom is -0.381 e. The second-order valence-electron chi connectivity index (χ2n) is 4.15. The lowest BCUT2D eigenvalue weighted by Gasteiger charge is -2.08. The molecule has 94 valence electrons. The zero-order chi connectivity index (χ0) is 13.0. The van der Waals surface area contributed by atoms with Crippen LogP contribution in [0.25, 0.3) is 0 Å². The van der Waals surface area contributed by atoms with E-state index in [1.54, 1.807) is 0 Å². The van der Waals surface area contributed by atoms with E-state index in [4.69, 9.17) is 11.6 Å². The minimum absolute atomic E-state index is 0.723. The molecule has 0 saturated carbocycles. The number of benzene rings is 2. The molecule has 2 rings (SSSR count). The van der Waals surface area contributed by atoms with Gasteiger partial charge in [-0.3, -0.25) is 0 Å². The smallest absolute Gasteiger partial charge is 0.0568 e. The molecule has 0 bridgehead atoms. The molecule has 0 amide bonds. The Morgan fingerprint density at radius 1 is 1.06 bits per heavy atom. The van der Waals surface area contributed by atoms with Gasteiger partial charge in [0.05, 0.1) is 5.02 Å². The zero-order valence-corrected chi connectivity index (χ0v) is 12.6. The number of rotatable bonds is 4. The van der Waals surface area contributed by atoms with E-state index >= 15 is 0 Å². The van der Waals surface area contributed by atoms with Crippen molar-refractivity contribution in [2.24, 2.45) is 0 Å². The lowest BCUT2D eigenvalue weighted by atomic mass is 10.1. The van der Waals surface area contributed by atoms with Gasteiger partial charge in [0.15, 0.2) is 0 Å². The normalized spacial score (nSPS) is 10.4. The molecule has 0 atom stereocenters. The maximum Gasteiger partial charge on any atom is 0.0568 e. The molecule has 1 nitrogen and oxygen atoms in total. The first kappa shape index (κ1) is 13.4. The molecule has 2 aromatic carbocycles. The van der Waals surface area contributed by atoms with E-state index in [-0.39, 0.29) is 0 Å². The first-order valence-electron chi connectivity index (χ1n) is 5.96. The van der Waals surface area contributed by atoms with Crippen molar-refractivity contribution in [3.05, 3.63) is 63.1 Å². The van der Waals surface area contributed by atoms with Crippen LogP contribution in [-0.2, 0) is 13.0 Å². The van der Waals surface area contributed by atoms with Crippen LogP contribution >= 0.6 is 27.5 Å². The second kappa shape index (κ2) is 6.26. The molecule has 1 N–H and O–H groups in total. The predicted octanol–water partition coefficient (Wildman–Crippen LogP) is 5.28. The van der Waals surface area contributed by atoms with Crippen molar-refractivity contribution < 1.29 is 0 Å². The standard InChI is InChI=1S/C15H15BrClN/c1-2-11-3-5-12(6-4-11)10-18-13-7-8-14(16)15(17)9-13/h3-9,18H,2,10H2,1H3. The fourth-order valence-electron chi connectivity index (χ4n) is 1.70. The number of anilines is 1. The van der Waals surface area contributed by atoms with Crippen molar-refractivity contribution in [2.45, 2.75) is 19.9 Å². The van der Waals surface area contributed by atoms with Crippen molar-refractivity contribution in [3.8, 4) is 0 Å². The summed E-state index contributed by atoms with van der Waals surface area (Å²) in [5.74, 6) is 0. The van der Waals surface area contributed by atoms with Gasteiger partial charge in [0.1, 0.15) is 0 Å². The molecule has 0 aliphatic carbocycles. The number of hydrogen-bond donors (Lipinski definition) is 1. The zero-order valence-electron chi connectivity index (χ0n) is 10.2. The highest BCUT2D eigenvalue weighted by Gasteiger charge is 1.99. The monoisotopic (exact) mass is 323 g/mol. The van der Waals surface area contributed by atoms with Gasteiger partial charge < -0.3 is 5.32 Å². The first-order chi connectivity index (χ1) is 8.69. The molecular formula is C15H15BrClN. The van der Waals surface area contributed by atoms with Crippen molar-refractivity contribution >= 4 is 33.2 Å². The highest BCUT2D eigenvalue weighted by atomic mass is 79.9. The third-order valence-electron chi connectivity index (χ3n) is 2.85. The molecule has 0 unspecified atom stereocenters. The Balaban J connectivity index is 1.99. The summed E-state index contributed by atoms with van der Waals surface area (Å²) in [5, 5.41) is 4.08. The Morgan fingerprint density at radius 2 is 1.72 bits per heavy atom. The molecule has 0 aliphatic heterocycles. The number of halogens is 2. The third kappa shape index (κ3) is 3.50. The van der Waals surface area contributed by atoms with Gasteiger partial charge in [-0.25, -0.2) is 0 Å². The largest absolute Gasteiger partial charge is 0.381 e. The van der Waals surface area contributed by atoms with Crippen LogP contribution in [0.1, 0.15) is 18.1 Å². The van der Waals surface area contributed by atoms with E-state index in [1.807, 2.05) is 18.2 Å². The molecular weight excluding hydrogens is 310 g/mol. The van der Waals surface area contributed by atoms with Crippen LogP contribution in [-0.4, -0.2) is 0 Å². The SMILES string of the molecule is CCc1ccc(CNc2ccc(Br)c(Cl)c2)cc1. The summed E-state index contributed by atoms with van der Waals surface area (Å²) in [5.41, 5.74) is 3.67. The number of nitrogens with one attached hydrogen (secondary N) is 1. The average Bonchev–Trinajstić information content (AvgIpc) is 2.41. The summed E-state index contributed by atoms with van der Waals surface area (Å²) in [6.45, 7) is 2.97. The molecule has 2 aromatic rings. The molecule has 18 heavy (non-hydrogen) atoms. The van der Waals surface area contributed by atoms with Gasteiger partial charge in [-0.05, 0) is 51.7 Å². The Hall–Kier alpha value is -0.990. The quantitative estimate of drug-likeness (QED) is 0.807. The molecule has 0 spiro atoms. The highest BCUT2D eigenvalue weighted by Crippen LogP contribution is 2.25. The van der Waals surface area contributed by atoms with E-state index < -0.39 is 0 Å². The van der Waals surface area contributed by atoms with Crippen LogP contribution in [0.2, 0.25) is 5.02 Å². The van der Waals surface area contributed by atoms with E-state index in [9.17, 15) is 0 Å². The van der Waals surface area contributed by atoms with Crippen molar-refractivity contribution in [2.75, 3.05) is 5.32 Å². The van der Waals surface area contributed by atoms with Gasteiger partial charge in [0.25, 0.3) is 0 Å². The van der Waals surface area contributed by atoms with Crippen LogP contribution in [0, 0.1) is 0 Å². The van der Waals surface area contributed by atoms with Crippen molar-refractivity contribution in [3.63, 3.8) is 0 Å².